The van der Waals surface area contributed by atoms with E-state index in [9.17, 15) is 13.2 Å². The number of nitrogen functional groups attached to an aromatic ring is 1. The lowest BCUT2D eigenvalue weighted by molar-refractivity contribution is -0.141. The molecule has 10 heteroatoms. The molecular weight excluding hydrogens is 299 g/mol. The molecule has 118 valence electrons. The van der Waals surface area contributed by atoms with E-state index in [0.29, 0.717) is 5.92 Å². The fraction of sp³-hybridized carbons (Fsp3) is 0.500. The Balaban J connectivity index is 1.86. The van der Waals surface area contributed by atoms with Crippen LogP contribution in [0.25, 0.3) is 5.95 Å². The van der Waals surface area contributed by atoms with Gasteiger partial charge in [-0.2, -0.15) is 33.2 Å². The van der Waals surface area contributed by atoms with Crippen molar-refractivity contribution < 1.29 is 13.2 Å². The number of nitrogens with zero attached hydrogens (tertiary/aromatic N) is 5. The van der Waals surface area contributed by atoms with Crippen LogP contribution in [0.2, 0.25) is 0 Å². The average molecular weight is 313 g/mol. The molecule has 2 aromatic rings. The Hall–Kier alpha value is -2.39. The first-order chi connectivity index (χ1) is 10.3. The van der Waals surface area contributed by atoms with Crippen LogP contribution >= 0.6 is 0 Å². The number of halogens is 3. The first kappa shape index (κ1) is 14.5. The second-order valence-corrected chi connectivity index (χ2v) is 5.23. The zero-order valence-corrected chi connectivity index (χ0v) is 11.7. The molecule has 22 heavy (non-hydrogen) atoms. The van der Waals surface area contributed by atoms with Gasteiger partial charge in [0.1, 0.15) is 0 Å². The minimum absolute atomic E-state index is 0.0616. The van der Waals surface area contributed by atoms with Crippen LogP contribution in [0.5, 0.6) is 0 Å². The molecule has 0 saturated heterocycles. The van der Waals surface area contributed by atoms with Crippen molar-refractivity contribution in [1.82, 2.24) is 24.7 Å². The number of hydrogen-bond donors (Lipinski definition) is 2. The van der Waals surface area contributed by atoms with Crippen molar-refractivity contribution in [2.75, 3.05) is 11.1 Å². The summed E-state index contributed by atoms with van der Waals surface area (Å²) in [6, 6.07) is 1.01. The number of aromatic nitrogens is 5. The molecule has 2 aromatic heterocycles. The van der Waals surface area contributed by atoms with E-state index in [1.54, 1.807) is 0 Å². The Morgan fingerprint density at radius 3 is 2.64 bits per heavy atom. The van der Waals surface area contributed by atoms with Crippen LogP contribution in [-0.2, 0) is 6.18 Å². The second-order valence-electron chi connectivity index (χ2n) is 5.23. The molecule has 1 aliphatic carbocycles. The van der Waals surface area contributed by atoms with Crippen LogP contribution in [0.1, 0.15) is 25.5 Å². The maximum absolute atomic E-state index is 12.6. The fourth-order valence-corrected chi connectivity index (χ4v) is 2.05. The molecule has 0 radical (unpaired) electrons. The maximum Gasteiger partial charge on any atom is 0.435 e. The summed E-state index contributed by atoms with van der Waals surface area (Å²) < 4.78 is 38.7. The van der Waals surface area contributed by atoms with Crippen molar-refractivity contribution in [2.24, 2.45) is 5.92 Å². The lowest BCUT2D eigenvalue weighted by Crippen LogP contribution is -2.21. The summed E-state index contributed by atoms with van der Waals surface area (Å²) in [6.45, 7) is 1.99. The van der Waals surface area contributed by atoms with Gasteiger partial charge in [0.25, 0.3) is 5.95 Å². The van der Waals surface area contributed by atoms with Crippen molar-refractivity contribution >= 4 is 11.9 Å². The van der Waals surface area contributed by atoms with Gasteiger partial charge in [0.05, 0.1) is 0 Å². The van der Waals surface area contributed by atoms with E-state index in [1.807, 2.05) is 6.92 Å². The monoisotopic (exact) mass is 313 g/mol. The van der Waals surface area contributed by atoms with E-state index in [1.165, 1.54) is 0 Å². The normalized spacial score (nSPS) is 16.5. The minimum atomic E-state index is -4.52. The van der Waals surface area contributed by atoms with E-state index in [0.717, 1.165) is 29.8 Å². The SMILES string of the molecule is CC(Nc1nc(N)nc(-n2ccc(C(F)(F)F)n2)n1)C1CC1. The molecule has 3 rings (SSSR count). The summed E-state index contributed by atoms with van der Waals surface area (Å²) in [5.74, 6) is 0.641. The van der Waals surface area contributed by atoms with Gasteiger partial charge < -0.3 is 11.1 Å². The Morgan fingerprint density at radius 2 is 2.05 bits per heavy atom. The highest BCUT2D eigenvalue weighted by molar-refractivity contribution is 5.36. The Labute approximate surface area is 123 Å². The molecule has 1 fully saturated rings. The molecule has 1 aliphatic rings. The number of hydrogen-bond acceptors (Lipinski definition) is 6. The van der Waals surface area contributed by atoms with Crippen LogP contribution in [0.4, 0.5) is 25.1 Å². The largest absolute Gasteiger partial charge is 0.435 e. The molecule has 0 spiro atoms. The zero-order valence-electron chi connectivity index (χ0n) is 11.7. The molecule has 0 amide bonds. The molecule has 1 saturated carbocycles. The van der Waals surface area contributed by atoms with Crippen molar-refractivity contribution in [1.29, 1.82) is 0 Å². The van der Waals surface area contributed by atoms with Gasteiger partial charge in [-0.25, -0.2) is 4.68 Å². The molecular formula is C12H14F3N7. The van der Waals surface area contributed by atoms with Gasteiger partial charge in [-0.15, -0.1) is 0 Å². The predicted molar refractivity (Wildman–Crippen MR) is 72.2 cm³/mol. The molecule has 0 aliphatic heterocycles. The first-order valence-corrected chi connectivity index (χ1v) is 6.74. The highest BCUT2D eigenvalue weighted by Crippen LogP contribution is 2.33. The van der Waals surface area contributed by atoms with Crippen molar-refractivity contribution in [3.05, 3.63) is 18.0 Å². The third-order valence-corrected chi connectivity index (χ3v) is 3.41. The van der Waals surface area contributed by atoms with E-state index < -0.39 is 11.9 Å². The van der Waals surface area contributed by atoms with Gasteiger partial charge in [0.15, 0.2) is 5.69 Å². The summed E-state index contributed by atoms with van der Waals surface area (Å²) in [7, 11) is 0. The van der Waals surface area contributed by atoms with Crippen molar-refractivity contribution in [3.63, 3.8) is 0 Å². The van der Waals surface area contributed by atoms with Gasteiger partial charge in [-0.05, 0) is 31.7 Å². The van der Waals surface area contributed by atoms with Gasteiger partial charge in [0.2, 0.25) is 11.9 Å². The Kier molecular flexibility index (Phi) is 3.38. The van der Waals surface area contributed by atoms with Crippen LogP contribution in [0.15, 0.2) is 12.3 Å². The summed E-state index contributed by atoms with van der Waals surface area (Å²) >= 11 is 0. The Morgan fingerprint density at radius 1 is 1.32 bits per heavy atom. The van der Waals surface area contributed by atoms with E-state index in [-0.39, 0.29) is 23.9 Å². The highest BCUT2D eigenvalue weighted by atomic mass is 19.4. The maximum atomic E-state index is 12.6. The summed E-state index contributed by atoms with van der Waals surface area (Å²) in [4.78, 5) is 11.8. The lowest BCUT2D eigenvalue weighted by Gasteiger charge is -2.13. The van der Waals surface area contributed by atoms with Crippen LogP contribution < -0.4 is 11.1 Å². The number of alkyl halides is 3. The smallest absolute Gasteiger partial charge is 0.368 e. The fourth-order valence-electron chi connectivity index (χ4n) is 2.05. The number of nitrogens with two attached hydrogens (primary N) is 1. The number of anilines is 2. The lowest BCUT2D eigenvalue weighted by atomic mass is 10.2. The molecule has 7 nitrogen and oxygen atoms in total. The summed E-state index contributed by atoms with van der Waals surface area (Å²) in [5.41, 5.74) is 4.57. The van der Waals surface area contributed by atoms with E-state index in [4.69, 9.17) is 5.73 Å². The summed E-state index contributed by atoms with van der Waals surface area (Å²) in [5, 5.41) is 6.50. The average Bonchev–Trinajstić information content (AvgIpc) is 3.13. The van der Waals surface area contributed by atoms with E-state index >= 15 is 0 Å². The first-order valence-electron chi connectivity index (χ1n) is 6.74. The molecule has 1 unspecified atom stereocenters. The number of nitrogens with one attached hydrogen (secondary N) is 1. The molecule has 2 heterocycles. The highest BCUT2D eigenvalue weighted by Gasteiger charge is 2.34. The second kappa shape index (κ2) is 5.11. The molecule has 1 atom stereocenters. The van der Waals surface area contributed by atoms with E-state index in [2.05, 4.69) is 25.4 Å². The van der Waals surface area contributed by atoms with Crippen molar-refractivity contribution in [2.45, 2.75) is 32.0 Å². The van der Waals surface area contributed by atoms with Gasteiger partial charge in [0, 0.05) is 12.2 Å². The molecule has 3 N–H and O–H groups in total. The molecule has 0 bridgehead atoms. The minimum Gasteiger partial charge on any atom is -0.368 e. The predicted octanol–water partition coefficient (Wildman–Crippen LogP) is 1.87. The zero-order chi connectivity index (χ0) is 15.9. The Bertz CT molecular complexity index is 678. The van der Waals surface area contributed by atoms with Gasteiger partial charge in [-0.3, -0.25) is 0 Å². The topological polar surface area (TPSA) is 94.5 Å². The third-order valence-electron chi connectivity index (χ3n) is 3.41. The quantitative estimate of drug-likeness (QED) is 0.895. The standard InChI is InChI=1S/C12H14F3N7/c1-6(7-2-3-7)17-10-18-9(16)19-11(20-10)22-5-4-8(21-22)12(13,14)15/h4-7H,2-3H2,1H3,(H3,16,17,18,19,20). The molecule has 0 aromatic carbocycles. The van der Waals surface area contributed by atoms with Gasteiger partial charge >= 0.3 is 6.18 Å². The van der Waals surface area contributed by atoms with Gasteiger partial charge in [-0.1, -0.05) is 0 Å². The van der Waals surface area contributed by atoms with Crippen LogP contribution in [0, 0.1) is 5.92 Å². The summed E-state index contributed by atoms with van der Waals surface area (Å²) in [6.07, 6.45) is -1.12. The van der Waals surface area contributed by atoms with Crippen LogP contribution in [0.3, 0.4) is 0 Å². The number of rotatable bonds is 4. The third kappa shape index (κ3) is 3.10. The van der Waals surface area contributed by atoms with Crippen LogP contribution in [-0.4, -0.2) is 30.8 Å². The van der Waals surface area contributed by atoms with Crippen molar-refractivity contribution in [3.8, 4) is 5.95 Å².